The van der Waals surface area contributed by atoms with Gasteiger partial charge in [-0.1, -0.05) is 42.4 Å². The van der Waals surface area contributed by atoms with Crippen LogP contribution in [0, 0.1) is 5.41 Å². The van der Waals surface area contributed by atoms with E-state index in [4.69, 9.17) is 11.6 Å². The fourth-order valence-corrected chi connectivity index (χ4v) is 2.36. The summed E-state index contributed by atoms with van der Waals surface area (Å²) in [4.78, 5) is 11.9. The molecule has 4 heteroatoms. The zero-order valence-corrected chi connectivity index (χ0v) is 11.8. The van der Waals surface area contributed by atoms with Gasteiger partial charge in [-0.25, -0.2) is 0 Å². The van der Waals surface area contributed by atoms with E-state index in [9.17, 15) is 9.90 Å². The van der Waals surface area contributed by atoms with Gasteiger partial charge in [0.2, 0.25) is 0 Å². The summed E-state index contributed by atoms with van der Waals surface area (Å²) in [5, 5.41) is 10.9. The Morgan fingerprint density at radius 2 is 1.94 bits per heavy atom. The molecule has 1 N–H and O–H groups in total. The minimum atomic E-state index is -0.814. The second-order valence-corrected chi connectivity index (χ2v) is 6.07. The SMILES string of the molecule is CCSC(=O)C(C)(C)C(O)c1ccc(Cl)cc1. The number of carbonyl (C=O) groups excluding carboxylic acids is 1. The second-order valence-electron chi connectivity index (χ2n) is 4.40. The zero-order chi connectivity index (χ0) is 13.1. The molecule has 1 aromatic rings. The van der Waals surface area contributed by atoms with Gasteiger partial charge in [-0.05, 0) is 37.3 Å². The maximum atomic E-state index is 11.9. The van der Waals surface area contributed by atoms with Crippen molar-refractivity contribution in [1.29, 1.82) is 0 Å². The molecule has 94 valence electrons. The minimum Gasteiger partial charge on any atom is -0.387 e. The van der Waals surface area contributed by atoms with Crippen molar-refractivity contribution in [2.24, 2.45) is 5.41 Å². The molecule has 2 nitrogen and oxygen atoms in total. The Labute approximate surface area is 111 Å². The summed E-state index contributed by atoms with van der Waals surface area (Å²) in [5.74, 6) is 0.718. The number of halogens is 1. The largest absolute Gasteiger partial charge is 0.387 e. The second kappa shape index (κ2) is 5.89. The molecule has 0 heterocycles. The van der Waals surface area contributed by atoms with Crippen LogP contribution in [0.1, 0.15) is 32.4 Å². The Kier molecular flexibility index (Phi) is 5.04. The van der Waals surface area contributed by atoms with Crippen LogP contribution in [-0.4, -0.2) is 16.0 Å². The molecule has 0 radical (unpaired) electrons. The zero-order valence-electron chi connectivity index (χ0n) is 10.2. The lowest BCUT2D eigenvalue weighted by molar-refractivity contribution is -0.123. The van der Waals surface area contributed by atoms with E-state index < -0.39 is 11.5 Å². The summed E-state index contributed by atoms with van der Waals surface area (Å²) < 4.78 is 0. The third-order valence-electron chi connectivity index (χ3n) is 2.67. The molecule has 0 aromatic heterocycles. The molecule has 0 amide bonds. The molecule has 1 atom stereocenters. The first-order valence-electron chi connectivity index (χ1n) is 5.50. The van der Waals surface area contributed by atoms with Crippen molar-refractivity contribution in [1.82, 2.24) is 0 Å². The number of thioether (sulfide) groups is 1. The normalized spacial score (nSPS) is 13.5. The quantitative estimate of drug-likeness (QED) is 0.908. The van der Waals surface area contributed by atoms with E-state index in [0.717, 1.165) is 5.75 Å². The predicted octanol–water partition coefficient (Wildman–Crippen LogP) is 3.68. The molecule has 0 spiro atoms. The van der Waals surface area contributed by atoms with Crippen molar-refractivity contribution in [3.8, 4) is 0 Å². The van der Waals surface area contributed by atoms with Crippen molar-refractivity contribution in [2.45, 2.75) is 26.9 Å². The monoisotopic (exact) mass is 272 g/mol. The van der Waals surface area contributed by atoms with Crippen LogP contribution in [-0.2, 0) is 4.79 Å². The summed E-state index contributed by atoms with van der Waals surface area (Å²) in [7, 11) is 0. The lowest BCUT2D eigenvalue weighted by atomic mass is 9.84. The Balaban J connectivity index is 2.91. The number of hydrogen-bond donors (Lipinski definition) is 1. The van der Waals surface area contributed by atoms with E-state index in [1.165, 1.54) is 11.8 Å². The van der Waals surface area contributed by atoms with Gasteiger partial charge in [-0.15, -0.1) is 0 Å². The van der Waals surface area contributed by atoms with Gasteiger partial charge in [0.1, 0.15) is 0 Å². The van der Waals surface area contributed by atoms with Gasteiger partial charge in [0.25, 0.3) is 0 Å². The first kappa shape index (κ1) is 14.6. The van der Waals surface area contributed by atoms with E-state index in [2.05, 4.69) is 0 Å². The molecule has 0 fully saturated rings. The van der Waals surface area contributed by atoms with E-state index in [0.29, 0.717) is 10.6 Å². The highest BCUT2D eigenvalue weighted by Gasteiger charge is 2.36. The summed E-state index contributed by atoms with van der Waals surface area (Å²) in [6.45, 7) is 5.45. The van der Waals surface area contributed by atoms with Crippen LogP contribution in [0.25, 0.3) is 0 Å². The lowest BCUT2D eigenvalue weighted by Crippen LogP contribution is -2.29. The van der Waals surface area contributed by atoms with E-state index in [1.807, 2.05) is 6.92 Å². The van der Waals surface area contributed by atoms with E-state index in [1.54, 1.807) is 38.1 Å². The molecular weight excluding hydrogens is 256 g/mol. The fourth-order valence-electron chi connectivity index (χ4n) is 1.49. The molecule has 0 aliphatic rings. The number of aliphatic hydroxyl groups is 1. The van der Waals surface area contributed by atoms with Crippen molar-refractivity contribution < 1.29 is 9.90 Å². The number of benzene rings is 1. The van der Waals surface area contributed by atoms with Crippen LogP contribution in [0.15, 0.2) is 24.3 Å². The van der Waals surface area contributed by atoms with Crippen LogP contribution in [0.2, 0.25) is 5.02 Å². The molecule has 0 saturated carbocycles. The molecular formula is C13H17ClO2S. The summed E-state index contributed by atoms with van der Waals surface area (Å²) >= 11 is 7.03. The molecule has 0 bridgehead atoms. The third kappa shape index (κ3) is 3.47. The molecule has 1 aromatic carbocycles. The van der Waals surface area contributed by atoms with E-state index in [-0.39, 0.29) is 5.12 Å². The standard InChI is InChI=1S/C13H17ClO2S/c1-4-17-12(16)13(2,3)11(15)9-5-7-10(14)8-6-9/h5-8,11,15H,4H2,1-3H3. The number of rotatable bonds is 4. The van der Waals surface area contributed by atoms with Gasteiger partial charge in [-0.3, -0.25) is 4.79 Å². The van der Waals surface area contributed by atoms with Crippen molar-refractivity contribution in [3.63, 3.8) is 0 Å². The van der Waals surface area contributed by atoms with Gasteiger partial charge < -0.3 is 5.11 Å². The predicted molar refractivity (Wildman–Crippen MR) is 73.3 cm³/mol. The topological polar surface area (TPSA) is 37.3 Å². The number of hydrogen-bond acceptors (Lipinski definition) is 3. The fraction of sp³-hybridized carbons (Fsp3) is 0.462. The van der Waals surface area contributed by atoms with Crippen molar-refractivity contribution in [2.75, 3.05) is 5.75 Å². The molecule has 1 rings (SSSR count). The van der Waals surface area contributed by atoms with Gasteiger partial charge in [-0.2, -0.15) is 0 Å². The molecule has 0 aliphatic carbocycles. The highest BCUT2D eigenvalue weighted by atomic mass is 35.5. The summed E-state index contributed by atoms with van der Waals surface area (Å²) in [6.07, 6.45) is -0.814. The highest BCUT2D eigenvalue weighted by molar-refractivity contribution is 8.13. The first-order valence-corrected chi connectivity index (χ1v) is 6.86. The van der Waals surface area contributed by atoms with Crippen LogP contribution >= 0.6 is 23.4 Å². The molecule has 0 saturated heterocycles. The van der Waals surface area contributed by atoms with Crippen LogP contribution in [0.4, 0.5) is 0 Å². The lowest BCUT2D eigenvalue weighted by Gasteiger charge is -2.28. The summed E-state index contributed by atoms with van der Waals surface area (Å²) in [5.41, 5.74) is -0.0847. The number of aliphatic hydroxyl groups excluding tert-OH is 1. The molecule has 1 unspecified atom stereocenters. The summed E-state index contributed by atoms with van der Waals surface area (Å²) in [6, 6.07) is 6.93. The Bertz CT molecular complexity index is 387. The highest BCUT2D eigenvalue weighted by Crippen LogP contribution is 2.37. The Morgan fingerprint density at radius 1 is 1.41 bits per heavy atom. The molecule has 0 aliphatic heterocycles. The smallest absolute Gasteiger partial charge is 0.197 e. The Hall–Kier alpha value is -0.510. The maximum absolute atomic E-state index is 11.9. The average molecular weight is 273 g/mol. The van der Waals surface area contributed by atoms with Gasteiger partial charge in [0.05, 0.1) is 11.5 Å². The third-order valence-corrected chi connectivity index (χ3v) is 4.00. The van der Waals surface area contributed by atoms with E-state index >= 15 is 0 Å². The molecule has 17 heavy (non-hydrogen) atoms. The van der Waals surface area contributed by atoms with Gasteiger partial charge in [0.15, 0.2) is 5.12 Å². The maximum Gasteiger partial charge on any atom is 0.197 e. The Morgan fingerprint density at radius 3 is 2.41 bits per heavy atom. The minimum absolute atomic E-state index is 0.00227. The van der Waals surface area contributed by atoms with Gasteiger partial charge >= 0.3 is 0 Å². The van der Waals surface area contributed by atoms with Crippen LogP contribution in [0.5, 0.6) is 0 Å². The first-order chi connectivity index (χ1) is 7.89. The van der Waals surface area contributed by atoms with Crippen LogP contribution < -0.4 is 0 Å². The van der Waals surface area contributed by atoms with Gasteiger partial charge in [0, 0.05) is 5.02 Å². The van der Waals surface area contributed by atoms with Crippen molar-refractivity contribution in [3.05, 3.63) is 34.9 Å². The average Bonchev–Trinajstić information content (AvgIpc) is 2.29. The van der Waals surface area contributed by atoms with Crippen molar-refractivity contribution >= 4 is 28.5 Å². The number of carbonyl (C=O) groups is 1. The van der Waals surface area contributed by atoms with Crippen LogP contribution in [0.3, 0.4) is 0 Å².